The van der Waals surface area contributed by atoms with Gasteiger partial charge in [-0.15, -0.1) is 0 Å². The molecule has 1 heterocycles. The zero-order valence-corrected chi connectivity index (χ0v) is 16.5. The van der Waals surface area contributed by atoms with E-state index < -0.39 is 11.2 Å². The molecule has 0 aliphatic carbocycles. The highest BCUT2D eigenvalue weighted by molar-refractivity contribution is 6.00. The maximum absolute atomic E-state index is 14.6. The summed E-state index contributed by atoms with van der Waals surface area (Å²) in [5.74, 6) is -0.158. The summed E-state index contributed by atoms with van der Waals surface area (Å²) >= 11 is 0. The lowest BCUT2D eigenvalue weighted by molar-refractivity contribution is -0.125. The number of anilines is 1. The van der Waals surface area contributed by atoms with E-state index in [0.717, 1.165) is 12.8 Å². The third-order valence-corrected chi connectivity index (χ3v) is 5.30. The number of carbonyl (C=O) groups is 1. The normalized spacial score (nSPS) is 15.3. The number of hydrogen-bond donors (Lipinski definition) is 1. The first-order valence-corrected chi connectivity index (χ1v) is 9.92. The molecule has 1 fully saturated rings. The van der Waals surface area contributed by atoms with Crippen LogP contribution in [-0.4, -0.2) is 25.7 Å². The summed E-state index contributed by atoms with van der Waals surface area (Å²) in [6, 6.07) is 13.5. The molecule has 5 nitrogen and oxygen atoms in total. The number of ether oxygens (including phenoxy) is 2. The summed E-state index contributed by atoms with van der Waals surface area (Å²) in [6.45, 7) is 3.39. The van der Waals surface area contributed by atoms with Gasteiger partial charge in [0.25, 0.3) is 0 Å². The Hall–Kier alpha value is -2.91. The second-order valence-corrected chi connectivity index (χ2v) is 7.15. The molecule has 0 spiro atoms. The van der Waals surface area contributed by atoms with Crippen LogP contribution in [0.3, 0.4) is 0 Å². The third kappa shape index (κ3) is 4.57. The number of hydrogen-bond acceptors (Lipinski definition) is 4. The van der Waals surface area contributed by atoms with Crippen molar-refractivity contribution in [3.05, 3.63) is 59.4 Å². The van der Waals surface area contributed by atoms with Crippen molar-refractivity contribution in [1.29, 1.82) is 5.26 Å². The Labute approximate surface area is 170 Å². The standard InChI is InChI=1S/C23H25FN2O3/c1-2-3-12-29-18-8-9-21(17(15-18)16-25)26-22(27)23(10-13-28-14-11-23)19-6-4-5-7-20(19)24/h4-9,15H,2-3,10-14H2,1H3,(H,26,27). The number of unbranched alkanes of at least 4 members (excludes halogenated alkanes) is 1. The minimum atomic E-state index is -1.04. The second-order valence-electron chi connectivity index (χ2n) is 7.15. The van der Waals surface area contributed by atoms with Crippen LogP contribution in [0, 0.1) is 17.1 Å². The molecule has 2 aromatic rings. The summed E-state index contributed by atoms with van der Waals surface area (Å²) < 4.78 is 25.6. The van der Waals surface area contributed by atoms with Gasteiger partial charge in [-0.1, -0.05) is 31.5 Å². The lowest BCUT2D eigenvalue weighted by Gasteiger charge is -2.36. The first-order chi connectivity index (χ1) is 14.1. The van der Waals surface area contributed by atoms with Gasteiger partial charge >= 0.3 is 0 Å². The number of nitrogens with one attached hydrogen (secondary N) is 1. The fraction of sp³-hybridized carbons (Fsp3) is 0.391. The lowest BCUT2D eigenvalue weighted by Crippen LogP contribution is -2.45. The highest BCUT2D eigenvalue weighted by Crippen LogP contribution is 2.38. The molecule has 29 heavy (non-hydrogen) atoms. The van der Waals surface area contributed by atoms with E-state index in [-0.39, 0.29) is 5.91 Å². The van der Waals surface area contributed by atoms with Crippen LogP contribution < -0.4 is 10.1 Å². The number of nitrogens with zero attached hydrogens (tertiary/aromatic N) is 1. The van der Waals surface area contributed by atoms with Gasteiger partial charge in [0.1, 0.15) is 17.6 Å². The van der Waals surface area contributed by atoms with E-state index in [9.17, 15) is 14.4 Å². The number of nitriles is 1. The predicted octanol–water partition coefficient (Wildman–Crippen LogP) is 4.56. The molecule has 0 aromatic heterocycles. The molecule has 0 atom stereocenters. The van der Waals surface area contributed by atoms with Crippen molar-refractivity contribution in [2.24, 2.45) is 0 Å². The Morgan fingerprint density at radius 3 is 2.72 bits per heavy atom. The second kappa shape index (κ2) is 9.53. The molecule has 1 saturated heterocycles. The van der Waals surface area contributed by atoms with Crippen LogP contribution in [0.1, 0.15) is 43.7 Å². The van der Waals surface area contributed by atoms with E-state index in [1.54, 1.807) is 36.4 Å². The molecule has 3 rings (SSSR count). The van der Waals surface area contributed by atoms with Gasteiger partial charge in [-0.2, -0.15) is 5.26 Å². The molecule has 1 aliphatic heterocycles. The Bertz CT molecular complexity index is 901. The summed E-state index contributed by atoms with van der Waals surface area (Å²) in [6.07, 6.45) is 2.69. The Kier molecular flexibility index (Phi) is 6.84. The maximum Gasteiger partial charge on any atom is 0.235 e. The van der Waals surface area contributed by atoms with Crippen LogP contribution in [0.15, 0.2) is 42.5 Å². The van der Waals surface area contributed by atoms with Crippen LogP contribution in [-0.2, 0) is 14.9 Å². The maximum atomic E-state index is 14.6. The topological polar surface area (TPSA) is 71.3 Å². The third-order valence-electron chi connectivity index (χ3n) is 5.30. The first-order valence-electron chi connectivity index (χ1n) is 9.92. The van der Waals surface area contributed by atoms with Crippen LogP contribution in [0.4, 0.5) is 10.1 Å². The highest BCUT2D eigenvalue weighted by Gasteiger charge is 2.43. The summed E-state index contributed by atoms with van der Waals surface area (Å²) in [5, 5.41) is 12.4. The average molecular weight is 396 g/mol. The molecule has 2 aromatic carbocycles. The fourth-order valence-electron chi connectivity index (χ4n) is 3.58. The van der Waals surface area contributed by atoms with E-state index in [0.29, 0.717) is 55.2 Å². The van der Waals surface area contributed by atoms with Crippen molar-refractivity contribution in [1.82, 2.24) is 0 Å². The van der Waals surface area contributed by atoms with Gasteiger partial charge < -0.3 is 14.8 Å². The van der Waals surface area contributed by atoms with Crippen molar-refractivity contribution in [2.75, 3.05) is 25.1 Å². The molecular formula is C23H25FN2O3. The number of amides is 1. The first kappa shape index (κ1) is 20.8. The summed E-state index contributed by atoms with van der Waals surface area (Å²) in [4.78, 5) is 13.3. The molecule has 1 N–H and O–H groups in total. The van der Waals surface area contributed by atoms with Crippen LogP contribution in [0.5, 0.6) is 5.75 Å². The Morgan fingerprint density at radius 1 is 1.28 bits per heavy atom. The zero-order valence-electron chi connectivity index (χ0n) is 16.5. The Balaban J connectivity index is 1.87. The number of benzene rings is 2. The quantitative estimate of drug-likeness (QED) is 0.696. The summed E-state index contributed by atoms with van der Waals surface area (Å²) in [7, 11) is 0. The van der Waals surface area contributed by atoms with Crippen LogP contribution >= 0.6 is 0 Å². The smallest absolute Gasteiger partial charge is 0.235 e. The lowest BCUT2D eigenvalue weighted by atomic mass is 9.73. The molecule has 0 unspecified atom stereocenters. The van der Waals surface area contributed by atoms with Gasteiger partial charge in [0.15, 0.2) is 0 Å². The van der Waals surface area contributed by atoms with E-state index in [1.807, 2.05) is 0 Å². The van der Waals surface area contributed by atoms with E-state index >= 15 is 0 Å². The predicted molar refractivity (Wildman–Crippen MR) is 108 cm³/mol. The zero-order chi connectivity index (χ0) is 20.7. The SMILES string of the molecule is CCCCOc1ccc(NC(=O)C2(c3ccccc3F)CCOCC2)c(C#N)c1. The van der Waals surface area contributed by atoms with Gasteiger partial charge in [-0.3, -0.25) is 4.79 Å². The van der Waals surface area contributed by atoms with Crippen molar-refractivity contribution >= 4 is 11.6 Å². The summed E-state index contributed by atoms with van der Waals surface area (Å²) in [5.41, 5.74) is 0.0246. The molecular weight excluding hydrogens is 371 g/mol. The van der Waals surface area contributed by atoms with Gasteiger partial charge in [-0.25, -0.2) is 4.39 Å². The van der Waals surface area contributed by atoms with Gasteiger partial charge in [0, 0.05) is 18.8 Å². The van der Waals surface area contributed by atoms with E-state index in [1.165, 1.54) is 6.07 Å². The number of halogens is 1. The molecule has 152 valence electrons. The van der Waals surface area contributed by atoms with Gasteiger partial charge in [-0.05, 0) is 43.5 Å². The van der Waals surface area contributed by atoms with Crippen molar-refractivity contribution < 1.29 is 18.7 Å². The van der Waals surface area contributed by atoms with Gasteiger partial charge in [0.2, 0.25) is 5.91 Å². The fourth-order valence-corrected chi connectivity index (χ4v) is 3.58. The van der Waals surface area contributed by atoms with Gasteiger partial charge in [0.05, 0.1) is 23.3 Å². The minimum Gasteiger partial charge on any atom is -0.494 e. The molecule has 0 radical (unpaired) electrons. The highest BCUT2D eigenvalue weighted by atomic mass is 19.1. The van der Waals surface area contributed by atoms with Crippen molar-refractivity contribution in [3.63, 3.8) is 0 Å². The average Bonchev–Trinajstić information content (AvgIpc) is 2.75. The van der Waals surface area contributed by atoms with Crippen molar-refractivity contribution in [2.45, 2.75) is 38.0 Å². The largest absolute Gasteiger partial charge is 0.494 e. The monoisotopic (exact) mass is 396 g/mol. The van der Waals surface area contributed by atoms with Crippen LogP contribution in [0.2, 0.25) is 0 Å². The van der Waals surface area contributed by atoms with Crippen LogP contribution in [0.25, 0.3) is 0 Å². The molecule has 1 aliphatic rings. The minimum absolute atomic E-state index is 0.308. The molecule has 0 bridgehead atoms. The molecule has 0 saturated carbocycles. The number of rotatable bonds is 7. The van der Waals surface area contributed by atoms with Crippen molar-refractivity contribution in [3.8, 4) is 11.8 Å². The number of carbonyl (C=O) groups excluding carboxylic acids is 1. The van der Waals surface area contributed by atoms with E-state index in [2.05, 4.69) is 18.3 Å². The van der Waals surface area contributed by atoms with E-state index in [4.69, 9.17) is 9.47 Å². The molecule has 6 heteroatoms. The Morgan fingerprint density at radius 2 is 2.03 bits per heavy atom. The molecule has 1 amide bonds.